The quantitative estimate of drug-likeness (QED) is 0.808. The Morgan fingerprint density at radius 2 is 2.00 bits per heavy atom. The largest absolute Gasteiger partial charge is 0.492 e. The van der Waals surface area contributed by atoms with Crippen LogP contribution in [-0.2, 0) is 0 Å². The molecule has 1 aromatic heterocycles. The zero-order valence-electron chi connectivity index (χ0n) is 11.9. The Hall–Kier alpha value is -2.20. The van der Waals surface area contributed by atoms with Crippen molar-refractivity contribution < 1.29 is 4.74 Å². The second-order valence-corrected chi connectivity index (χ2v) is 4.65. The summed E-state index contributed by atoms with van der Waals surface area (Å²) >= 11 is 0. The Kier molecular flexibility index (Phi) is 5.26. The predicted molar refractivity (Wildman–Crippen MR) is 81.5 cm³/mol. The first-order valence-corrected chi connectivity index (χ1v) is 6.56. The first kappa shape index (κ1) is 14.2. The van der Waals surface area contributed by atoms with E-state index in [-0.39, 0.29) is 0 Å². The van der Waals surface area contributed by atoms with E-state index in [1.807, 2.05) is 50.5 Å². The summed E-state index contributed by atoms with van der Waals surface area (Å²) in [4.78, 5) is 10.3. The van der Waals surface area contributed by atoms with Gasteiger partial charge in [-0.3, -0.25) is 9.97 Å². The Morgan fingerprint density at radius 1 is 1.15 bits per heavy atom. The Balaban J connectivity index is 2.06. The van der Waals surface area contributed by atoms with Gasteiger partial charge in [-0.25, -0.2) is 0 Å². The van der Waals surface area contributed by atoms with Crippen LogP contribution in [0.1, 0.15) is 11.3 Å². The van der Waals surface area contributed by atoms with Crippen molar-refractivity contribution in [2.24, 2.45) is 0 Å². The molecule has 2 aromatic rings. The summed E-state index contributed by atoms with van der Waals surface area (Å²) in [6.07, 6.45) is 9.00. The molecule has 0 radical (unpaired) electrons. The topological polar surface area (TPSA) is 38.2 Å². The lowest BCUT2D eigenvalue weighted by Gasteiger charge is -2.12. The highest BCUT2D eigenvalue weighted by Crippen LogP contribution is 2.20. The van der Waals surface area contributed by atoms with E-state index in [1.165, 1.54) is 0 Å². The van der Waals surface area contributed by atoms with Gasteiger partial charge in [-0.15, -0.1) is 0 Å². The fraction of sp³-hybridized carbons (Fsp3) is 0.250. The van der Waals surface area contributed by atoms with Crippen molar-refractivity contribution in [3.05, 3.63) is 54.1 Å². The molecular formula is C16H19N3O. The molecule has 0 spiro atoms. The van der Waals surface area contributed by atoms with Gasteiger partial charge in [0.15, 0.2) is 0 Å². The van der Waals surface area contributed by atoms with Gasteiger partial charge < -0.3 is 9.64 Å². The summed E-state index contributed by atoms with van der Waals surface area (Å²) < 4.78 is 5.81. The molecule has 4 nitrogen and oxygen atoms in total. The standard InChI is InChI=1S/C16H19N3O/c1-19(2)11-12-20-16-6-4-3-5-14(16)7-8-15-13-17-9-10-18-15/h3-10,13H,11-12H2,1-2H3. The van der Waals surface area contributed by atoms with Crippen LogP contribution in [0.15, 0.2) is 42.9 Å². The molecule has 4 heteroatoms. The van der Waals surface area contributed by atoms with Crippen LogP contribution in [0.5, 0.6) is 5.75 Å². The van der Waals surface area contributed by atoms with Crippen molar-refractivity contribution in [1.29, 1.82) is 0 Å². The van der Waals surface area contributed by atoms with Crippen molar-refractivity contribution in [2.45, 2.75) is 0 Å². The van der Waals surface area contributed by atoms with Crippen molar-refractivity contribution in [3.8, 4) is 5.75 Å². The molecule has 1 aromatic carbocycles. The average Bonchev–Trinajstić information content (AvgIpc) is 2.47. The molecule has 0 amide bonds. The highest BCUT2D eigenvalue weighted by atomic mass is 16.5. The molecule has 0 unspecified atom stereocenters. The molecule has 2 rings (SSSR count). The minimum absolute atomic E-state index is 0.670. The number of hydrogen-bond donors (Lipinski definition) is 0. The molecule has 0 aliphatic rings. The second kappa shape index (κ2) is 7.40. The fourth-order valence-corrected chi connectivity index (χ4v) is 1.66. The van der Waals surface area contributed by atoms with Gasteiger partial charge >= 0.3 is 0 Å². The molecule has 0 atom stereocenters. The number of ether oxygens (including phenoxy) is 1. The van der Waals surface area contributed by atoms with E-state index in [2.05, 4.69) is 14.9 Å². The average molecular weight is 269 g/mol. The van der Waals surface area contributed by atoms with Gasteiger partial charge in [0.2, 0.25) is 0 Å². The first-order valence-electron chi connectivity index (χ1n) is 6.56. The van der Waals surface area contributed by atoms with Gasteiger partial charge in [-0.05, 0) is 32.3 Å². The molecule has 0 fully saturated rings. The fourth-order valence-electron chi connectivity index (χ4n) is 1.66. The number of hydrogen-bond acceptors (Lipinski definition) is 4. The molecule has 0 aliphatic heterocycles. The molecule has 0 saturated carbocycles. The normalized spacial score (nSPS) is 11.2. The monoisotopic (exact) mass is 269 g/mol. The van der Waals surface area contributed by atoms with Crippen molar-refractivity contribution in [2.75, 3.05) is 27.2 Å². The lowest BCUT2D eigenvalue weighted by atomic mass is 10.2. The highest BCUT2D eigenvalue weighted by molar-refractivity contribution is 5.70. The summed E-state index contributed by atoms with van der Waals surface area (Å²) in [5.74, 6) is 0.884. The van der Waals surface area contributed by atoms with Crippen molar-refractivity contribution in [1.82, 2.24) is 14.9 Å². The van der Waals surface area contributed by atoms with Crippen LogP contribution in [-0.4, -0.2) is 42.1 Å². The van der Waals surface area contributed by atoms with Crippen LogP contribution >= 0.6 is 0 Å². The lowest BCUT2D eigenvalue weighted by molar-refractivity contribution is 0.261. The molecule has 0 saturated heterocycles. The van der Waals surface area contributed by atoms with Gasteiger partial charge in [0.1, 0.15) is 12.4 Å². The molecule has 0 aliphatic carbocycles. The minimum Gasteiger partial charge on any atom is -0.492 e. The Labute approximate surface area is 119 Å². The molecule has 1 heterocycles. The summed E-state index contributed by atoms with van der Waals surface area (Å²) in [6, 6.07) is 7.98. The Morgan fingerprint density at radius 3 is 2.75 bits per heavy atom. The molecule has 20 heavy (non-hydrogen) atoms. The van der Waals surface area contributed by atoms with E-state index in [0.29, 0.717) is 6.61 Å². The van der Waals surface area contributed by atoms with E-state index in [1.54, 1.807) is 18.6 Å². The summed E-state index contributed by atoms with van der Waals surface area (Å²) in [5, 5.41) is 0. The third kappa shape index (κ3) is 4.48. The smallest absolute Gasteiger partial charge is 0.126 e. The predicted octanol–water partition coefficient (Wildman–Crippen LogP) is 2.59. The third-order valence-electron chi connectivity index (χ3n) is 2.73. The maximum absolute atomic E-state index is 5.81. The SMILES string of the molecule is CN(C)CCOc1ccccc1C=Cc1cnccn1. The van der Waals surface area contributed by atoms with Crippen LogP contribution < -0.4 is 4.74 Å². The maximum Gasteiger partial charge on any atom is 0.126 e. The maximum atomic E-state index is 5.81. The zero-order valence-corrected chi connectivity index (χ0v) is 11.9. The Bertz CT molecular complexity index is 553. The van der Waals surface area contributed by atoms with Crippen LogP contribution in [0.2, 0.25) is 0 Å². The molecule has 0 N–H and O–H groups in total. The number of rotatable bonds is 6. The van der Waals surface area contributed by atoms with Crippen LogP contribution in [0.3, 0.4) is 0 Å². The van der Waals surface area contributed by atoms with Crippen LogP contribution in [0.4, 0.5) is 0 Å². The minimum atomic E-state index is 0.670. The highest BCUT2D eigenvalue weighted by Gasteiger charge is 2.00. The number of aromatic nitrogens is 2. The van der Waals surface area contributed by atoms with E-state index in [4.69, 9.17) is 4.74 Å². The molecule has 0 bridgehead atoms. The number of nitrogens with zero attached hydrogens (tertiary/aromatic N) is 3. The van der Waals surface area contributed by atoms with Crippen molar-refractivity contribution in [3.63, 3.8) is 0 Å². The zero-order chi connectivity index (χ0) is 14.2. The van der Waals surface area contributed by atoms with Crippen molar-refractivity contribution >= 4 is 12.2 Å². The van der Waals surface area contributed by atoms with Gasteiger partial charge in [-0.1, -0.05) is 18.2 Å². The molecular weight excluding hydrogens is 250 g/mol. The third-order valence-corrected chi connectivity index (χ3v) is 2.73. The summed E-state index contributed by atoms with van der Waals surface area (Å²) in [5.41, 5.74) is 1.87. The van der Waals surface area contributed by atoms with Crippen LogP contribution in [0, 0.1) is 0 Å². The summed E-state index contributed by atoms with van der Waals surface area (Å²) in [6.45, 7) is 1.56. The van der Waals surface area contributed by atoms with Gasteiger partial charge in [-0.2, -0.15) is 0 Å². The van der Waals surface area contributed by atoms with Gasteiger partial charge in [0.25, 0.3) is 0 Å². The number of likely N-dealkylation sites (N-methyl/N-ethyl adjacent to an activating group) is 1. The van der Waals surface area contributed by atoms with Gasteiger partial charge in [0, 0.05) is 24.5 Å². The van der Waals surface area contributed by atoms with Gasteiger partial charge in [0.05, 0.1) is 11.9 Å². The summed E-state index contributed by atoms with van der Waals surface area (Å²) in [7, 11) is 4.06. The van der Waals surface area contributed by atoms with E-state index in [9.17, 15) is 0 Å². The number of benzene rings is 1. The van der Waals surface area contributed by atoms with E-state index < -0.39 is 0 Å². The first-order chi connectivity index (χ1) is 9.75. The lowest BCUT2D eigenvalue weighted by Crippen LogP contribution is -2.19. The molecule has 104 valence electrons. The number of para-hydroxylation sites is 1. The van der Waals surface area contributed by atoms with E-state index >= 15 is 0 Å². The van der Waals surface area contributed by atoms with E-state index in [0.717, 1.165) is 23.6 Å². The second-order valence-electron chi connectivity index (χ2n) is 4.65. The van der Waals surface area contributed by atoms with Crippen LogP contribution in [0.25, 0.3) is 12.2 Å².